The molecule has 0 aliphatic heterocycles. The molecule has 0 aromatic carbocycles. The zero-order chi connectivity index (χ0) is 7.11. The van der Waals surface area contributed by atoms with Crippen LogP contribution in [-0.4, -0.2) is 19.0 Å². The molecule has 1 unspecified atom stereocenters. The largest absolute Gasteiger partial charge is 0.379 e. The maximum Gasteiger partial charge on any atom is 0.0677 e. The summed E-state index contributed by atoms with van der Waals surface area (Å²) >= 11 is 3.94. The molecule has 2 nitrogen and oxygen atoms in total. The summed E-state index contributed by atoms with van der Waals surface area (Å²) in [6, 6.07) is 2.07. The van der Waals surface area contributed by atoms with Gasteiger partial charge in [0.15, 0.2) is 0 Å². The Morgan fingerprint density at radius 2 is 2.30 bits per heavy atom. The molecule has 60 valence electrons. The molecule has 0 radical (unpaired) electrons. The third kappa shape index (κ3) is 7.80. The van der Waals surface area contributed by atoms with Crippen LogP contribution in [0.4, 0.5) is 0 Å². The van der Waals surface area contributed by atoms with Crippen LogP contribution < -0.4 is 0 Å². The van der Waals surface area contributed by atoms with Gasteiger partial charge in [0.05, 0.1) is 25.2 Å². The van der Waals surface area contributed by atoms with Crippen LogP contribution in [0.15, 0.2) is 0 Å². The van der Waals surface area contributed by atoms with Crippen LogP contribution in [0.1, 0.15) is 14.4 Å². The highest BCUT2D eigenvalue weighted by Gasteiger charge is 1.96. The highest BCUT2D eigenvalue weighted by atomic mass is 32.1. The van der Waals surface area contributed by atoms with E-state index in [0.717, 1.165) is 5.75 Å². The second-order valence-corrected chi connectivity index (χ2v) is 2.28. The quantitative estimate of drug-likeness (QED) is 0.503. The average molecular weight is 161 g/mol. The molecular formula is C7H15NOS. The monoisotopic (exact) mass is 161 g/mol. The van der Waals surface area contributed by atoms with Crippen LogP contribution in [0, 0.1) is 17.2 Å². The number of nitrogens with zero attached hydrogens (tertiary/aromatic N) is 1. The molecule has 0 rings (SSSR count). The molecule has 0 aliphatic rings. The third-order valence-electron chi connectivity index (χ3n) is 0.824. The van der Waals surface area contributed by atoms with Gasteiger partial charge in [-0.1, -0.05) is 7.43 Å². The normalized spacial score (nSPS) is 11.3. The van der Waals surface area contributed by atoms with Gasteiger partial charge < -0.3 is 4.74 Å². The summed E-state index contributed by atoms with van der Waals surface area (Å²) in [6.07, 6.45) is 0. The van der Waals surface area contributed by atoms with Gasteiger partial charge in [-0.2, -0.15) is 17.9 Å². The first-order chi connectivity index (χ1) is 4.31. The minimum Gasteiger partial charge on any atom is -0.379 e. The molecule has 0 heterocycles. The fraction of sp³-hybridized carbons (Fsp3) is 0.857. The lowest BCUT2D eigenvalue weighted by Crippen LogP contribution is -2.04. The number of ether oxygens (including phenoxy) is 1. The number of rotatable bonds is 4. The average Bonchev–Trinajstić information content (AvgIpc) is 1.89. The van der Waals surface area contributed by atoms with Crippen LogP contribution in [-0.2, 0) is 4.74 Å². The number of nitriles is 1. The molecule has 0 amide bonds. The van der Waals surface area contributed by atoms with E-state index >= 15 is 0 Å². The Hall–Kier alpha value is -0.200. The van der Waals surface area contributed by atoms with E-state index in [4.69, 9.17) is 10.00 Å². The lowest BCUT2D eigenvalue weighted by atomic mass is 10.2. The maximum absolute atomic E-state index is 8.29. The number of hydrogen-bond acceptors (Lipinski definition) is 3. The van der Waals surface area contributed by atoms with E-state index in [9.17, 15) is 0 Å². The summed E-state index contributed by atoms with van der Waals surface area (Å²) in [6.45, 7) is 2.99. The van der Waals surface area contributed by atoms with Gasteiger partial charge in [0.2, 0.25) is 0 Å². The zero-order valence-corrected chi connectivity index (χ0v) is 6.40. The van der Waals surface area contributed by atoms with E-state index in [1.54, 1.807) is 0 Å². The fourth-order valence-electron chi connectivity index (χ4n) is 0.362. The van der Waals surface area contributed by atoms with Crippen LogP contribution in [0.2, 0.25) is 0 Å². The van der Waals surface area contributed by atoms with Crippen molar-refractivity contribution >= 4 is 12.6 Å². The number of thiol groups is 1. The summed E-state index contributed by atoms with van der Waals surface area (Å²) < 4.78 is 5.04. The van der Waals surface area contributed by atoms with Crippen molar-refractivity contribution in [2.45, 2.75) is 14.4 Å². The highest BCUT2D eigenvalue weighted by molar-refractivity contribution is 7.80. The smallest absolute Gasteiger partial charge is 0.0677 e. The molecule has 0 N–H and O–H groups in total. The Morgan fingerprint density at radius 1 is 1.70 bits per heavy atom. The summed E-state index contributed by atoms with van der Waals surface area (Å²) in [5, 5.41) is 8.29. The Labute approximate surface area is 68.6 Å². The van der Waals surface area contributed by atoms with Gasteiger partial charge in [0.25, 0.3) is 0 Å². The van der Waals surface area contributed by atoms with E-state index in [1.807, 2.05) is 6.92 Å². The van der Waals surface area contributed by atoms with Crippen molar-refractivity contribution in [2.75, 3.05) is 19.0 Å². The molecule has 0 fully saturated rings. The van der Waals surface area contributed by atoms with E-state index in [1.165, 1.54) is 0 Å². The standard InChI is InChI=1S/C6H11NOS.CH4/c1-6(4-7)5-8-2-3-9;/h6,9H,2-3,5H2,1H3;1H4. The second kappa shape index (κ2) is 8.80. The summed E-state index contributed by atoms with van der Waals surface area (Å²) in [5.74, 6) is 0.725. The van der Waals surface area contributed by atoms with E-state index < -0.39 is 0 Å². The second-order valence-electron chi connectivity index (χ2n) is 1.83. The van der Waals surface area contributed by atoms with E-state index in [-0.39, 0.29) is 13.3 Å². The van der Waals surface area contributed by atoms with Crippen LogP contribution in [0.25, 0.3) is 0 Å². The van der Waals surface area contributed by atoms with Crippen molar-refractivity contribution in [2.24, 2.45) is 5.92 Å². The van der Waals surface area contributed by atoms with Crippen molar-refractivity contribution < 1.29 is 4.74 Å². The molecule has 0 spiro atoms. The Kier molecular flexibility index (Phi) is 11.0. The van der Waals surface area contributed by atoms with Gasteiger partial charge in [0, 0.05) is 5.75 Å². The van der Waals surface area contributed by atoms with Crippen molar-refractivity contribution in [1.29, 1.82) is 5.26 Å². The SMILES string of the molecule is C.CC(C#N)COCCS. The predicted molar refractivity (Wildman–Crippen MR) is 46.2 cm³/mol. The minimum absolute atomic E-state index is 0. The molecule has 3 heteroatoms. The van der Waals surface area contributed by atoms with Crippen LogP contribution in [0.5, 0.6) is 0 Å². The predicted octanol–water partition coefficient (Wildman–Crippen LogP) is 1.73. The minimum atomic E-state index is 0. The molecule has 0 aliphatic carbocycles. The van der Waals surface area contributed by atoms with Crippen LogP contribution in [0.3, 0.4) is 0 Å². The highest BCUT2D eigenvalue weighted by Crippen LogP contribution is 1.91. The molecule has 0 aromatic heterocycles. The molecular weight excluding hydrogens is 146 g/mol. The first-order valence-electron chi connectivity index (χ1n) is 2.89. The maximum atomic E-state index is 8.29. The third-order valence-corrected chi connectivity index (χ3v) is 1.01. The molecule has 0 saturated carbocycles. The van der Waals surface area contributed by atoms with E-state index in [0.29, 0.717) is 13.2 Å². The van der Waals surface area contributed by atoms with Gasteiger partial charge in [-0.3, -0.25) is 0 Å². The summed E-state index contributed by atoms with van der Waals surface area (Å²) in [5.41, 5.74) is 0. The Morgan fingerprint density at radius 3 is 2.70 bits per heavy atom. The lowest BCUT2D eigenvalue weighted by molar-refractivity contribution is 0.133. The molecule has 0 aromatic rings. The van der Waals surface area contributed by atoms with Gasteiger partial charge in [-0.05, 0) is 6.92 Å². The van der Waals surface area contributed by atoms with Gasteiger partial charge in [-0.15, -0.1) is 0 Å². The lowest BCUT2D eigenvalue weighted by Gasteiger charge is -2.01. The summed E-state index contributed by atoms with van der Waals surface area (Å²) in [4.78, 5) is 0. The number of hydrogen-bond donors (Lipinski definition) is 1. The van der Waals surface area contributed by atoms with Gasteiger partial charge in [0.1, 0.15) is 0 Å². The Bertz CT molecular complexity index is 100. The van der Waals surface area contributed by atoms with Crippen molar-refractivity contribution in [1.82, 2.24) is 0 Å². The van der Waals surface area contributed by atoms with E-state index in [2.05, 4.69) is 18.7 Å². The van der Waals surface area contributed by atoms with Crippen LogP contribution >= 0.6 is 12.6 Å². The van der Waals surface area contributed by atoms with Crippen molar-refractivity contribution in [3.63, 3.8) is 0 Å². The Balaban J connectivity index is 0. The molecule has 10 heavy (non-hydrogen) atoms. The topological polar surface area (TPSA) is 33.0 Å². The molecule has 0 bridgehead atoms. The molecule has 0 saturated heterocycles. The fourth-order valence-corrected chi connectivity index (χ4v) is 0.491. The first kappa shape index (κ1) is 12.5. The van der Waals surface area contributed by atoms with Gasteiger partial charge in [-0.25, -0.2) is 0 Å². The summed E-state index contributed by atoms with van der Waals surface area (Å²) in [7, 11) is 0. The van der Waals surface area contributed by atoms with Crippen molar-refractivity contribution in [3.05, 3.63) is 0 Å². The zero-order valence-electron chi connectivity index (χ0n) is 5.50. The first-order valence-corrected chi connectivity index (χ1v) is 3.52. The van der Waals surface area contributed by atoms with Gasteiger partial charge >= 0.3 is 0 Å². The van der Waals surface area contributed by atoms with Crippen molar-refractivity contribution in [3.8, 4) is 6.07 Å². The molecule has 1 atom stereocenters.